The number of benzene rings is 2. The van der Waals surface area contributed by atoms with Gasteiger partial charge in [0.25, 0.3) is 10.1 Å². The lowest BCUT2D eigenvalue weighted by Crippen LogP contribution is -2.17. The van der Waals surface area contributed by atoms with E-state index in [1.807, 2.05) is 0 Å². The first-order valence-corrected chi connectivity index (χ1v) is 9.71. The first-order valence-electron chi connectivity index (χ1n) is 8.30. The van der Waals surface area contributed by atoms with Crippen molar-refractivity contribution in [1.82, 2.24) is 0 Å². The molecular formula is C18H15F5O6S. The molecule has 0 amide bonds. The molecule has 0 aromatic heterocycles. The van der Waals surface area contributed by atoms with Crippen molar-refractivity contribution in [2.75, 3.05) is 19.8 Å². The van der Waals surface area contributed by atoms with E-state index in [0.717, 1.165) is 5.56 Å². The molecule has 0 aliphatic heterocycles. The summed E-state index contributed by atoms with van der Waals surface area (Å²) in [6, 6.07) is 5.90. The quantitative estimate of drug-likeness (QED) is 0.110. The molecule has 2 aromatic rings. The van der Waals surface area contributed by atoms with E-state index in [0.29, 0.717) is 0 Å². The van der Waals surface area contributed by atoms with Gasteiger partial charge in [-0.25, -0.2) is 13.2 Å². The van der Waals surface area contributed by atoms with Crippen molar-refractivity contribution in [3.05, 3.63) is 58.9 Å². The maximum atomic E-state index is 13.4. The third-order valence-corrected chi connectivity index (χ3v) is 4.94. The first-order chi connectivity index (χ1) is 14.0. The highest BCUT2D eigenvalue weighted by Gasteiger charge is 2.28. The van der Waals surface area contributed by atoms with E-state index in [1.54, 1.807) is 19.1 Å². The SMILES string of the molecule is Cc1ccc(S(=O)(=O)OCCOCCC(=O)Oc2c(F)c(F)c(F)c(F)c2F)cc1. The predicted octanol–water partition coefficient (Wildman–Crippen LogP) is 3.41. The van der Waals surface area contributed by atoms with Crippen LogP contribution in [0.3, 0.4) is 0 Å². The molecule has 0 saturated carbocycles. The summed E-state index contributed by atoms with van der Waals surface area (Å²) < 4.78 is 104. The van der Waals surface area contributed by atoms with Crippen molar-refractivity contribution in [3.8, 4) is 5.75 Å². The topological polar surface area (TPSA) is 78.9 Å². The van der Waals surface area contributed by atoms with Crippen LogP contribution in [0, 0.1) is 36.0 Å². The largest absolute Gasteiger partial charge is 0.420 e. The van der Waals surface area contributed by atoms with Crippen LogP contribution in [-0.4, -0.2) is 34.2 Å². The number of halogens is 5. The fourth-order valence-corrected chi connectivity index (χ4v) is 2.97. The number of carbonyl (C=O) groups excluding carboxylic acids is 1. The van der Waals surface area contributed by atoms with Gasteiger partial charge in [0.05, 0.1) is 31.1 Å². The molecule has 0 bridgehead atoms. The van der Waals surface area contributed by atoms with Crippen LogP contribution in [0.2, 0.25) is 0 Å². The molecule has 0 aliphatic rings. The molecule has 0 radical (unpaired) electrons. The van der Waals surface area contributed by atoms with E-state index < -0.39 is 57.3 Å². The molecule has 0 fully saturated rings. The summed E-state index contributed by atoms with van der Waals surface area (Å²) >= 11 is 0. The number of aryl methyl sites for hydroxylation is 1. The van der Waals surface area contributed by atoms with Gasteiger partial charge in [-0.3, -0.25) is 8.98 Å². The average molecular weight is 454 g/mol. The van der Waals surface area contributed by atoms with Crippen LogP contribution in [0.15, 0.2) is 29.2 Å². The molecule has 2 rings (SSSR count). The van der Waals surface area contributed by atoms with Gasteiger partial charge in [0.2, 0.25) is 34.8 Å². The lowest BCUT2D eigenvalue weighted by molar-refractivity contribution is -0.136. The molecule has 0 aliphatic carbocycles. The third kappa shape index (κ3) is 5.74. The zero-order chi connectivity index (χ0) is 22.5. The molecule has 0 heterocycles. The Morgan fingerprint density at radius 3 is 1.93 bits per heavy atom. The number of hydrogen-bond acceptors (Lipinski definition) is 6. The highest BCUT2D eigenvalue weighted by molar-refractivity contribution is 7.86. The van der Waals surface area contributed by atoms with Gasteiger partial charge in [-0.2, -0.15) is 17.2 Å². The van der Waals surface area contributed by atoms with E-state index in [9.17, 15) is 35.2 Å². The molecule has 0 saturated heterocycles. The van der Waals surface area contributed by atoms with Crippen LogP contribution < -0.4 is 4.74 Å². The van der Waals surface area contributed by atoms with Crippen LogP contribution in [0.4, 0.5) is 22.0 Å². The summed E-state index contributed by atoms with van der Waals surface area (Å²) in [7, 11) is -4.00. The molecule has 0 unspecified atom stereocenters. The minimum Gasteiger partial charge on any atom is -0.420 e. The second-order valence-electron chi connectivity index (χ2n) is 5.82. The summed E-state index contributed by atoms with van der Waals surface area (Å²) in [6.07, 6.45) is -0.607. The Kier molecular flexibility index (Phi) is 7.87. The highest BCUT2D eigenvalue weighted by atomic mass is 32.2. The van der Waals surface area contributed by atoms with Crippen molar-refractivity contribution in [3.63, 3.8) is 0 Å². The Bertz CT molecular complexity index is 995. The summed E-state index contributed by atoms with van der Waals surface area (Å²) in [5, 5.41) is 0. The van der Waals surface area contributed by atoms with Crippen LogP contribution in [-0.2, 0) is 23.8 Å². The summed E-state index contributed by atoms with van der Waals surface area (Å²) in [5.74, 6) is -14.5. The number of rotatable bonds is 9. The van der Waals surface area contributed by atoms with Crippen molar-refractivity contribution in [2.45, 2.75) is 18.2 Å². The number of hydrogen-bond donors (Lipinski definition) is 0. The van der Waals surface area contributed by atoms with Gasteiger partial charge in [0.15, 0.2) is 0 Å². The Labute approximate surface area is 168 Å². The minimum atomic E-state index is -4.00. The van der Waals surface area contributed by atoms with Gasteiger partial charge in [-0.05, 0) is 19.1 Å². The maximum absolute atomic E-state index is 13.4. The van der Waals surface area contributed by atoms with E-state index in [4.69, 9.17) is 8.92 Å². The van der Waals surface area contributed by atoms with Crippen LogP contribution in [0.5, 0.6) is 5.75 Å². The average Bonchev–Trinajstić information content (AvgIpc) is 2.71. The maximum Gasteiger partial charge on any atom is 0.313 e. The molecule has 2 aromatic carbocycles. The fourth-order valence-electron chi connectivity index (χ4n) is 2.07. The Morgan fingerprint density at radius 1 is 0.833 bits per heavy atom. The second kappa shape index (κ2) is 9.96. The van der Waals surface area contributed by atoms with E-state index >= 15 is 0 Å². The lowest BCUT2D eigenvalue weighted by atomic mass is 10.2. The third-order valence-electron chi connectivity index (χ3n) is 3.61. The van der Waals surface area contributed by atoms with Crippen LogP contribution in [0.1, 0.15) is 12.0 Å². The zero-order valence-corrected chi connectivity index (χ0v) is 16.2. The summed E-state index contributed by atoms with van der Waals surface area (Å²) in [6.45, 7) is 0.744. The molecule has 0 atom stereocenters. The number of esters is 1. The van der Waals surface area contributed by atoms with Crippen molar-refractivity contribution < 1.29 is 48.8 Å². The predicted molar refractivity (Wildman–Crippen MR) is 91.6 cm³/mol. The standard InChI is InChI=1S/C18H15F5O6S/c1-10-2-4-11(5-3-10)30(25,26)28-9-8-27-7-6-12(24)29-18-16(22)14(20)13(19)15(21)17(18)23/h2-5H,6-9H2,1H3. The summed E-state index contributed by atoms with van der Waals surface area (Å²) in [4.78, 5) is 11.5. The molecule has 12 heteroatoms. The van der Waals surface area contributed by atoms with Gasteiger partial charge < -0.3 is 9.47 Å². The van der Waals surface area contributed by atoms with E-state index in [2.05, 4.69) is 4.74 Å². The number of carbonyl (C=O) groups is 1. The Balaban J connectivity index is 1.78. The van der Waals surface area contributed by atoms with Gasteiger partial charge in [-0.15, -0.1) is 0 Å². The van der Waals surface area contributed by atoms with E-state index in [1.165, 1.54) is 12.1 Å². The van der Waals surface area contributed by atoms with Gasteiger partial charge in [-0.1, -0.05) is 17.7 Å². The zero-order valence-electron chi connectivity index (χ0n) is 15.4. The Morgan fingerprint density at radius 2 is 1.37 bits per heavy atom. The van der Waals surface area contributed by atoms with Crippen molar-refractivity contribution in [2.24, 2.45) is 0 Å². The van der Waals surface area contributed by atoms with Gasteiger partial charge in [0.1, 0.15) is 0 Å². The molecule has 0 N–H and O–H groups in total. The second-order valence-corrected chi connectivity index (χ2v) is 7.44. The molecule has 6 nitrogen and oxygen atoms in total. The number of ether oxygens (including phenoxy) is 2. The molecule has 30 heavy (non-hydrogen) atoms. The summed E-state index contributed by atoms with van der Waals surface area (Å²) in [5.41, 5.74) is 0.857. The smallest absolute Gasteiger partial charge is 0.313 e. The highest BCUT2D eigenvalue weighted by Crippen LogP contribution is 2.29. The van der Waals surface area contributed by atoms with Crippen LogP contribution in [0.25, 0.3) is 0 Å². The molecule has 0 spiro atoms. The minimum absolute atomic E-state index is 0.0560. The Hall–Kier alpha value is -2.57. The van der Waals surface area contributed by atoms with Crippen molar-refractivity contribution in [1.29, 1.82) is 0 Å². The lowest BCUT2D eigenvalue weighted by Gasteiger charge is -2.09. The van der Waals surface area contributed by atoms with E-state index in [-0.39, 0.29) is 24.7 Å². The van der Waals surface area contributed by atoms with Gasteiger partial charge in [0, 0.05) is 0 Å². The monoisotopic (exact) mass is 454 g/mol. The van der Waals surface area contributed by atoms with Crippen LogP contribution >= 0.6 is 0 Å². The first kappa shape index (κ1) is 23.7. The van der Waals surface area contributed by atoms with Crippen molar-refractivity contribution >= 4 is 16.1 Å². The fraction of sp³-hybridized carbons (Fsp3) is 0.278. The normalized spacial score (nSPS) is 11.5. The molecule has 164 valence electrons. The molecular weight excluding hydrogens is 439 g/mol. The van der Waals surface area contributed by atoms with Gasteiger partial charge >= 0.3 is 5.97 Å².